The van der Waals surface area contributed by atoms with Gasteiger partial charge in [-0.15, -0.1) is 6.42 Å². The van der Waals surface area contributed by atoms with Crippen molar-refractivity contribution in [1.29, 1.82) is 0 Å². The first-order valence-electron chi connectivity index (χ1n) is 3.92. The van der Waals surface area contributed by atoms with Gasteiger partial charge in [-0.2, -0.15) is 0 Å². The Morgan fingerprint density at radius 3 is 2.42 bits per heavy atom. The topological polar surface area (TPSA) is 0 Å². The third-order valence-electron chi connectivity index (χ3n) is 1.64. The van der Waals surface area contributed by atoms with Crippen LogP contribution in [0.2, 0.25) is 0 Å². The molecule has 0 heterocycles. The molecule has 0 saturated heterocycles. The van der Waals surface area contributed by atoms with Crippen molar-refractivity contribution in [3.63, 3.8) is 0 Å². The summed E-state index contributed by atoms with van der Waals surface area (Å²) in [5, 5.41) is 0. The zero-order valence-electron chi connectivity index (χ0n) is 7.05. The first-order chi connectivity index (χ1) is 5.72. The standard InChI is InChI=1S/C11H11Br/c1-3-10-4-6-11(7-5-10)8-9(2)12/h1,4-7,9H,8H2,2H3. The van der Waals surface area contributed by atoms with Crippen molar-refractivity contribution in [3.05, 3.63) is 35.4 Å². The lowest BCUT2D eigenvalue weighted by Crippen LogP contribution is -1.95. The molecule has 1 atom stereocenters. The van der Waals surface area contributed by atoms with E-state index in [0.717, 1.165) is 12.0 Å². The fraction of sp³-hybridized carbons (Fsp3) is 0.273. The van der Waals surface area contributed by atoms with Gasteiger partial charge in [0.05, 0.1) is 0 Å². The van der Waals surface area contributed by atoms with Gasteiger partial charge in [-0.1, -0.05) is 40.9 Å². The third-order valence-corrected chi connectivity index (χ3v) is 1.96. The summed E-state index contributed by atoms with van der Waals surface area (Å²) >= 11 is 3.51. The fourth-order valence-corrected chi connectivity index (χ4v) is 1.44. The Balaban J connectivity index is 2.73. The minimum absolute atomic E-state index is 0.522. The Bertz CT molecular complexity index is 277. The zero-order chi connectivity index (χ0) is 8.97. The van der Waals surface area contributed by atoms with Crippen molar-refractivity contribution in [2.24, 2.45) is 0 Å². The van der Waals surface area contributed by atoms with E-state index in [2.05, 4.69) is 40.9 Å². The maximum atomic E-state index is 5.24. The van der Waals surface area contributed by atoms with E-state index in [-0.39, 0.29) is 0 Å². The summed E-state index contributed by atoms with van der Waals surface area (Å²) in [6, 6.07) is 8.11. The van der Waals surface area contributed by atoms with Crippen LogP contribution in [0.1, 0.15) is 18.1 Å². The van der Waals surface area contributed by atoms with Gasteiger partial charge in [0.25, 0.3) is 0 Å². The lowest BCUT2D eigenvalue weighted by atomic mass is 10.1. The third kappa shape index (κ3) is 2.71. The number of alkyl halides is 1. The van der Waals surface area contributed by atoms with Gasteiger partial charge in [0.1, 0.15) is 0 Å². The second-order valence-electron chi connectivity index (χ2n) is 2.83. The molecule has 0 N–H and O–H groups in total. The molecule has 1 aromatic rings. The molecule has 0 fully saturated rings. The molecule has 0 radical (unpaired) electrons. The summed E-state index contributed by atoms with van der Waals surface area (Å²) < 4.78 is 0. The Hall–Kier alpha value is -0.740. The van der Waals surface area contributed by atoms with Gasteiger partial charge in [0, 0.05) is 10.4 Å². The van der Waals surface area contributed by atoms with E-state index in [4.69, 9.17) is 6.42 Å². The molecular formula is C11H11Br. The fourth-order valence-electron chi connectivity index (χ4n) is 1.06. The van der Waals surface area contributed by atoms with Crippen molar-refractivity contribution in [1.82, 2.24) is 0 Å². The molecule has 1 rings (SSSR count). The van der Waals surface area contributed by atoms with E-state index >= 15 is 0 Å². The predicted molar refractivity (Wildman–Crippen MR) is 56.5 cm³/mol. The average Bonchev–Trinajstić information content (AvgIpc) is 2.05. The van der Waals surface area contributed by atoms with Crippen LogP contribution < -0.4 is 0 Å². The van der Waals surface area contributed by atoms with E-state index in [9.17, 15) is 0 Å². The molecule has 1 heteroatoms. The predicted octanol–water partition coefficient (Wildman–Crippen LogP) is 2.99. The second kappa shape index (κ2) is 4.33. The molecule has 1 unspecified atom stereocenters. The van der Waals surface area contributed by atoms with Crippen molar-refractivity contribution in [3.8, 4) is 12.3 Å². The molecule has 0 aliphatic carbocycles. The summed E-state index contributed by atoms with van der Waals surface area (Å²) in [5.41, 5.74) is 2.26. The molecule has 0 saturated carbocycles. The van der Waals surface area contributed by atoms with Gasteiger partial charge in [0.15, 0.2) is 0 Å². The van der Waals surface area contributed by atoms with Crippen molar-refractivity contribution < 1.29 is 0 Å². The highest BCUT2D eigenvalue weighted by Gasteiger charge is 1.97. The second-order valence-corrected chi connectivity index (χ2v) is 4.39. The summed E-state index contributed by atoms with van der Waals surface area (Å²) in [4.78, 5) is 0.522. The first-order valence-corrected chi connectivity index (χ1v) is 4.83. The van der Waals surface area contributed by atoms with Crippen LogP contribution in [0.25, 0.3) is 0 Å². The molecule has 0 bridgehead atoms. The monoisotopic (exact) mass is 222 g/mol. The Morgan fingerprint density at radius 1 is 1.42 bits per heavy atom. The number of terminal acetylenes is 1. The van der Waals surface area contributed by atoms with Crippen LogP contribution in [0.3, 0.4) is 0 Å². The summed E-state index contributed by atoms with van der Waals surface area (Å²) in [5.74, 6) is 2.60. The quantitative estimate of drug-likeness (QED) is 0.534. The van der Waals surface area contributed by atoms with Crippen LogP contribution in [0.15, 0.2) is 24.3 Å². The largest absolute Gasteiger partial charge is 0.115 e. The lowest BCUT2D eigenvalue weighted by Gasteiger charge is -2.02. The minimum Gasteiger partial charge on any atom is -0.115 e. The van der Waals surface area contributed by atoms with Crippen LogP contribution in [-0.4, -0.2) is 4.83 Å². The van der Waals surface area contributed by atoms with Gasteiger partial charge in [-0.05, 0) is 24.1 Å². The number of benzene rings is 1. The zero-order valence-corrected chi connectivity index (χ0v) is 8.64. The summed E-state index contributed by atoms with van der Waals surface area (Å²) in [6.07, 6.45) is 6.29. The van der Waals surface area contributed by atoms with Gasteiger partial charge in [-0.25, -0.2) is 0 Å². The molecule has 0 aromatic heterocycles. The van der Waals surface area contributed by atoms with Crippen LogP contribution in [-0.2, 0) is 6.42 Å². The van der Waals surface area contributed by atoms with Crippen LogP contribution in [0.4, 0.5) is 0 Å². The highest BCUT2D eigenvalue weighted by Crippen LogP contribution is 2.10. The molecule has 12 heavy (non-hydrogen) atoms. The Labute approximate surface area is 82.1 Å². The van der Waals surface area contributed by atoms with Gasteiger partial charge in [-0.3, -0.25) is 0 Å². The normalized spacial score (nSPS) is 12.1. The van der Waals surface area contributed by atoms with Crippen LogP contribution in [0.5, 0.6) is 0 Å². The van der Waals surface area contributed by atoms with Gasteiger partial charge in [0.2, 0.25) is 0 Å². The van der Waals surface area contributed by atoms with Crippen LogP contribution >= 0.6 is 15.9 Å². The Morgan fingerprint density at radius 2 is 2.00 bits per heavy atom. The maximum Gasteiger partial charge on any atom is 0.0242 e. The molecule has 62 valence electrons. The number of rotatable bonds is 2. The van der Waals surface area contributed by atoms with E-state index in [1.54, 1.807) is 0 Å². The maximum absolute atomic E-state index is 5.24. The summed E-state index contributed by atoms with van der Waals surface area (Å²) in [7, 11) is 0. The van der Waals surface area contributed by atoms with Gasteiger partial charge >= 0.3 is 0 Å². The molecule has 0 aliphatic heterocycles. The highest BCUT2D eigenvalue weighted by molar-refractivity contribution is 9.09. The average molecular weight is 223 g/mol. The van der Waals surface area contributed by atoms with E-state index in [1.807, 2.05) is 12.1 Å². The molecule has 0 nitrogen and oxygen atoms in total. The SMILES string of the molecule is C#Cc1ccc(CC(C)Br)cc1. The lowest BCUT2D eigenvalue weighted by molar-refractivity contribution is 0.959. The number of hydrogen-bond acceptors (Lipinski definition) is 0. The minimum atomic E-state index is 0.522. The molecule has 0 amide bonds. The van der Waals surface area contributed by atoms with Crippen molar-refractivity contribution in [2.75, 3.05) is 0 Å². The van der Waals surface area contributed by atoms with Crippen molar-refractivity contribution >= 4 is 15.9 Å². The molecule has 0 aliphatic rings. The van der Waals surface area contributed by atoms with Gasteiger partial charge < -0.3 is 0 Å². The number of halogens is 1. The van der Waals surface area contributed by atoms with E-state index < -0.39 is 0 Å². The smallest absolute Gasteiger partial charge is 0.0242 e. The Kier molecular flexibility index (Phi) is 3.37. The van der Waals surface area contributed by atoms with Crippen LogP contribution in [0, 0.1) is 12.3 Å². The first kappa shape index (κ1) is 9.35. The molecule has 0 spiro atoms. The molecule has 1 aromatic carbocycles. The molecular weight excluding hydrogens is 212 g/mol. The summed E-state index contributed by atoms with van der Waals surface area (Å²) in [6.45, 7) is 2.13. The number of hydrogen-bond donors (Lipinski definition) is 0. The van der Waals surface area contributed by atoms with Crippen molar-refractivity contribution in [2.45, 2.75) is 18.2 Å². The van der Waals surface area contributed by atoms with E-state index in [0.29, 0.717) is 4.83 Å². The van der Waals surface area contributed by atoms with E-state index in [1.165, 1.54) is 5.56 Å². The highest BCUT2D eigenvalue weighted by atomic mass is 79.9.